The quantitative estimate of drug-likeness (QED) is 0.613. The Hall–Kier alpha value is -1.89. The van der Waals surface area contributed by atoms with E-state index in [2.05, 4.69) is 20.6 Å². The standard InChI is InChI=1S/C11H19N5O2/c1-7-6-9(16-11(12)14-7)15-8(2)10(17)13-4-5-18-3/h6,8H,4-5H2,1-3H3,(H,13,17)(H3,12,14,15,16). The van der Waals surface area contributed by atoms with Crippen LogP contribution in [0.1, 0.15) is 12.6 Å². The highest BCUT2D eigenvalue weighted by molar-refractivity contribution is 5.83. The van der Waals surface area contributed by atoms with Crippen molar-refractivity contribution < 1.29 is 9.53 Å². The fourth-order valence-electron chi connectivity index (χ4n) is 1.38. The lowest BCUT2D eigenvalue weighted by atomic mass is 10.3. The highest BCUT2D eigenvalue weighted by Crippen LogP contribution is 2.08. The number of carbonyl (C=O) groups excluding carboxylic acids is 1. The molecule has 7 heteroatoms. The van der Waals surface area contributed by atoms with Crippen LogP contribution in [0.5, 0.6) is 0 Å². The summed E-state index contributed by atoms with van der Waals surface area (Å²) >= 11 is 0. The molecule has 0 saturated carbocycles. The minimum absolute atomic E-state index is 0.123. The Bertz CT molecular complexity index is 390. The number of nitrogens with zero attached hydrogens (tertiary/aromatic N) is 2. The molecule has 0 radical (unpaired) electrons. The van der Waals surface area contributed by atoms with Crippen LogP contribution in [-0.4, -0.2) is 42.2 Å². The zero-order valence-electron chi connectivity index (χ0n) is 10.9. The van der Waals surface area contributed by atoms with Crippen molar-refractivity contribution in [3.63, 3.8) is 0 Å². The molecule has 0 aliphatic heterocycles. The Morgan fingerprint density at radius 1 is 1.56 bits per heavy atom. The first-order chi connectivity index (χ1) is 8.52. The summed E-state index contributed by atoms with van der Waals surface area (Å²) in [5.41, 5.74) is 6.28. The molecule has 0 bridgehead atoms. The molecule has 0 spiro atoms. The normalized spacial score (nSPS) is 11.9. The molecule has 18 heavy (non-hydrogen) atoms. The molecule has 1 atom stereocenters. The molecule has 1 unspecified atom stereocenters. The van der Waals surface area contributed by atoms with Gasteiger partial charge in [-0.25, -0.2) is 4.98 Å². The van der Waals surface area contributed by atoms with Crippen LogP contribution in [0.15, 0.2) is 6.07 Å². The first-order valence-electron chi connectivity index (χ1n) is 5.67. The van der Waals surface area contributed by atoms with Crippen molar-refractivity contribution >= 4 is 17.7 Å². The van der Waals surface area contributed by atoms with E-state index in [0.717, 1.165) is 5.69 Å². The minimum Gasteiger partial charge on any atom is -0.383 e. The van der Waals surface area contributed by atoms with Gasteiger partial charge in [-0.3, -0.25) is 4.79 Å². The van der Waals surface area contributed by atoms with E-state index < -0.39 is 6.04 Å². The smallest absolute Gasteiger partial charge is 0.242 e. The summed E-state index contributed by atoms with van der Waals surface area (Å²) < 4.78 is 4.85. The van der Waals surface area contributed by atoms with Gasteiger partial charge in [0.05, 0.1) is 6.61 Å². The molecule has 1 aromatic rings. The molecule has 0 aliphatic rings. The lowest BCUT2D eigenvalue weighted by Gasteiger charge is -2.14. The lowest BCUT2D eigenvalue weighted by Crippen LogP contribution is -2.39. The van der Waals surface area contributed by atoms with Crippen LogP contribution in [-0.2, 0) is 9.53 Å². The maximum absolute atomic E-state index is 11.7. The molecule has 1 aromatic heterocycles. The topological polar surface area (TPSA) is 102 Å². The van der Waals surface area contributed by atoms with Crippen LogP contribution < -0.4 is 16.4 Å². The van der Waals surface area contributed by atoms with Crippen molar-refractivity contribution in [2.45, 2.75) is 19.9 Å². The average molecular weight is 253 g/mol. The number of methoxy groups -OCH3 is 1. The summed E-state index contributed by atoms with van der Waals surface area (Å²) in [6.45, 7) is 4.52. The first-order valence-corrected chi connectivity index (χ1v) is 5.67. The Labute approximate surface area is 106 Å². The molecular weight excluding hydrogens is 234 g/mol. The zero-order valence-corrected chi connectivity index (χ0v) is 10.9. The Balaban J connectivity index is 2.52. The van der Waals surface area contributed by atoms with Gasteiger partial charge in [-0.05, 0) is 13.8 Å². The number of nitrogen functional groups attached to an aromatic ring is 1. The molecule has 0 saturated heterocycles. The van der Waals surface area contributed by atoms with Gasteiger partial charge in [-0.2, -0.15) is 4.98 Å². The molecule has 4 N–H and O–H groups in total. The van der Waals surface area contributed by atoms with E-state index in [4.69, 9.17) is 10.5 Å². The van der Waals surface area contributed by atoms with E-state index in [0.29, 0.717) is 19.0 Å². The number of carbonyl (C=O) groups is 1. The van der Waals surface area contributed by atoms with Crippen molar-refractivity contribution in [3.8, 4) is 0 Å². The van der Waals surface area contributed by atoms with Gasteiger partial charge in [-0.15, -0.1) is 0 Å². The van der Waals surface area contributed by atoms with Crippen LogP contribution in [0, 0.1) is 6.92 Å². The molecule has 100 valence electrons. The number of hydrogen-bond acceptors (Lipinski definition) is 6. The number of amides is 1. The number of nitrogens with one attached hydrogen (secondary N) is 2. The molecule has 0 aromatic carbocycles. The van der Waals surface area contributed by atoms with Gasteiger partial charge < -0.3 is 21.1 Å². The first kappa shape index (κ1) is 14.2. The van der Waals surface area contributed by atoms with E-state index >= 15 is 0 Å². The zero-order chi connectivity index (χ0) is 13.5. The highest BCUT2D eigenvalue weighted by atomic mass is 16.5. The van der Waals surface area contributed by atoms with Crippen LogP contribution in [0.2, 0.25) is 0 Å². The van der Waals surface area contributed by atoms with Crippen LogP contribution in [0.4, 0.5) is 11.8 Å². The van der Waals surface area contributed by atoms with Gasteiger partial charge in [0.15, 0.2) is 0 Å². The van der Waals surface area contributed by atoms with Crippen molar-refractivity contribution in [2.24, 2.45) is 0 Å². The molecular formula is C11H19N5O2. The Kier molecular flexibility index (Phi) is 5.31. The Morgan fingerprint density at radius 3 is 2.89 bits per heavy atom. The maximum Gasteiger partial charge on any atom is 0.242 e. The average Bonchev–Trinajstić information content (AvgIpc) is 2.27. The molecule has 0 fully saturated rings. The predicted octanol–water partition coefficient (Wildman–Crippen LogP) is -0.0698. The van der Waals surface area contributed by atoms with Crippen LogP contribution >= 0.6 is 0 Å². The third kappa shape index (κ3) is 4.54. The Morgan fingerprint density at radius 2 is 2.28 bits per heavy atom. The number of ether oxygens (including phenoxy) is 1. The van der Waals surface area contributed by atoms with Gasteiger partial charge in [0.1, 0.15) is 11.9 Å². The second-order valence-electron chi connectivity index (χ2n) is 3.90. The van der Waals surface area contributed by atoms with Gasteiger partial charge >= 0.3 is 0 Å². The summed E-state index contributed by atoms with van der Waals surface area (Å²) in [5.74, 6) is 0.598. The van der Waals surface area contributed by atoms with Crippen molar-refractivity contribution in [2.75, 3.05) is 31.3 Å². The van der Waals surface area contributed by atoms with Crippen molar-refractivity contribution in [3.05, 3.63) is 11.8 Å². The minimum atomic E-state index is -0.407. The van der Waals surface area contributed by atoms with E-state index in [-0.39, 0.29) is 11.9 Å². The largest absolute Gasteiger partial charge is 0.383 e. The van der Waals surface area contributed by atoms with Gasteiger partial charge in [0, 0.05) is 25.4 Å². The number of hydrogen-bond donors (Lipinski definition) is 3. The summed E-state index contributed by atoms with van der Waals surface area (Å²) in [5, 5.41) is 5.70. The number of nitrogens with two attached hydrogens (primary N) is 1. The van der Waals surface area contributed by atoms with Crippen LogP contribution in [0.3, 0.4) is 0 Å². The third-order valence-electron chi connectivity index (χ3n) is 2.23. The molecule has 1 rings (SSSR count). The number of anilines is 2. The second kappa shape index (κ2) is 6.75. The molecule has 0 aliphatic carbocycles. The fraction of sp³-hybridized carbons (Fsp3) is 0.545. The molecule has 1 heterocycles. The van der Waals surface area contributed by atoms with Crippen molar-refractivity contribution in [1.82, 2.24) is 15.3 Å². The highest BCUT2D eigenvalue weighted by Gasteiger charge is 2.12. The fourth-order valence-corrected chi connectivity index (χ4v) is 1.38. The molecule has 7 nitrogen and oxygen atoms in total. The second-order valence-corrected chi connectivity index (χ2v) is 3.90. The van der Waals surface area contributed by atoms with Gasteiger partial charge in [0.25, 0.3) is 0 Å². The summed E-state index contributed by atoms with van der Waals surface area (Å²) in [6, 6.07) is 1.32. The summed E-state index contributed by atoms with van der Waals surface area (Å²) in [6.07, 6.45) is 0. The van der Waals surface area contributed by atoms with E-state index in [9.17, 15) is 4.79 Å². The lowest BCUT2D eigenvalue weighted by molar-refractivity contribution is -0.121. The maximum atomic E-state index is 11.7. The molecule has 1 amide bonds. The summed E-state index contributed by atoms with van der Waals surface area (Å²) in [4.78, 5) is 19.6. The third-order valence-corrected chi connectivity index (χ3v) is 2.23. The van der Waals surface area contributed by atoms with Crippen LogP contribution in [0.25, 0.3) is 0 Å². The SMILES string of the molecule is COCCNC(=O)C(C)Nc1cc(C)nc(N)n1. The number of aromatic nitrogens is 2. The monoisotopic (exact) mass is 253 g/mol. The van der Waals surface area contributed by atoms with E-state index in [1.807, 2.05) is 6.92 Å². The van der Waals surface area contributed by atoms with Gasteiger partial charge in [0.2, 0.25) is 11.9 Å². The summed E-state index contributed by atoms with van der Waals surface area (Å²) in [7, 11) is 1.58. The van der Waals surface area contributed by atoms with E-state index in [1.54, 1.807) is 20.1 Å². The van der Waals surface area contributed by atoms with Gasteiger partial charge in [-0.1, -0.05) is 0 Å². The number of aryl methyl sites for hydroxylation is 1. The van der Waals surface area contributed by atoms with Crippen molar-refractivity contribution in [1.29, 1.82) is 0 Å². The predicted molar refractivity (Wildman–Crippen MR) is 69.2 cm³/mol. The van der Waals surface area contributed by atoms with E-state index in [1.165, 1.54) is 0 Å². The number of rotatable bonds is 6.